The predicted octanol–water partition coefficient (Wildman–Crippen LogP) is 1.20. The summed E-state index contributed by atoms with van der Waals surface area (Å²) in [5.41, 5.74) is 7.94. The van der Waals surface area contributed by atoms with E-state index in [2.05, 4.69) is 10.3 Å². The van der Waals surface area contributed by atoms with E-state index in [0.717, 1.165) is 5.69 Å². The second-order valence-corrected chi connectivity index (χ2v) is 3.19. The van der Waals surface area contributed by atoms with E-state index < -0.39 is 0 Å². The third-order valence-corrected chi connectivity index (χ3v) is 1.99. The largest absolute Gasteiger partial charge is 0.396 e. The Morgan fingerprint density at radius 1 is 1.20 bits per heavy atom. The van der Waals surface area contributed by atoms with Gasteiger partial charge in [0.1, 0.15) is 7.85 Å². The van der Waals surface area contributed by atoms with Crippen LogP contribution in [0.2, 0.25) is 0 Å². The lowest BCUT2D eigenvalue weighted by molar-refractivity contribution is 1.31. The summed E-state index contributed by atoms with van der Waals surface area (Å²) >= 11 is 0. The van der Waals surface area contributed by atoms with Gasteiger partial charge in [0.05, 0.1) is 5.69 Å². The van der Waals surface area contributed by atoms with E-state index >= 15 is 0 Å². The van der Waals surface area contributed by atoms with E-state index in [1.165, 1.54) is 0 Å². The Balaban J connectivity index is 2.26. The summed E-state index contributed by atoms with van der Waals surface area (Å²) in [6.45, 7) is 0. The van der Waals surface area contributed by atoms with Gasteiger partial charge < -0.3 is 11.1 Å². The molecule has 1 aromatic carbocycles. The number of aromatic nitrogens is 1. The average Bonchev–Trinajstić information content (AvgIpc) is 2.22. The number of nitrogens with zero attached hydrogens (tertiary/aromatic N) is 1. The third-order valence-electron chi connectivity index (χ3n) is 1.99. The van der Waals surface area contributed by atoms with Crippen molar-refractivity contribution in [3.05, 3.63) is 42.6 Å². The van der Waals surface area contributed by atoms with Crippen molar-refractivity contribution in [1.29, 1.82) is 0 Å². The monoisotopic (exact) mass is 195 g/mol. The lowest BCUT2D eigenvalue weighted by Crippen LogP contribution is -2.04. The first-order valence-corrected chi connectivity index (χ1v) is 4.59. The molecule has 0 unspecified atom stereocenters. The maximum absolute atomic E-state index is 5.75. The Labute approximate surface area is 89.7 Å². The molecule has 0 atom stereocenters. The summed E-state index contributed by atoms with van der Waals surface area (Å²) in [7, 11) is 5.66. The van der Waals surface area contributed by atoms with Gasteiger partial charge in [-0.1, -0.05) is 17.6 Å². The minimum atomic E-state index is 0.611. The lowest BCUT2D eigenvalue weighted by atomic mass is 9.96. The molecule has 3 nitrogen and oxygen atoms in total. The summed E-state index contributed by atoms with van der Waals surface area (Å²) in [4.78, 5) is 4.13. The molecule has 0 saturated carbocycles. The SMILES string of the molecule is [B]c1cccc(Nc2ncccc2N)c1. The van der Waals surface area contributed by atoms with Gasteiger partial charge in [0.15, 0.2) is 5.82 Å². The minimum absolute atomic E-state index is 0.611. The van der Waals surface area contributed by atoms with Crippen molar-refractivity contribution in [2.24, 2.45) is 0 Å². The number of benzene rings is 1. The standard InChI is InChI=1S/C11H10BN3/c12-8-3-1-4-9(7-8)15-11-10(13)5-2-6-14-11/h1-7H,13H2,(H,14,15). The van der Waals surface area contributed by atoms with Crippen LogP contribution in [0.15, 0.2) is 42.6 Å². The maximum atomic E-state index is 5.75. The molecule has 0 aliphatic heterocycles. The molecule has 4 heteroatoms. The molecule has 0 saturated heterocycles. The molecular formula is C11H10BN3. The Morgan fingerprint density at radius 3 is 2.80 bits per heavy atom. The van der Waals surface area contributed by atoms with Crippen LogP contribution in [0.3, 0.4) is 0 Å². The van der Waals surface area contributed by atoms with Gasteiger partial charge >= 0.3 is 0 Å². The van der Waals surface area contributed by atoms with Crippen molar-refractivity contribution < 1.29 is 0 Å². The van der Waals surface area contributed by atoms with Crippen LogP contribution in [0.25, 0.3) is 0 Å². The number of anilines is 3. The lowest BCUT2D eigenvalue weighted by Gasteiger charge is -2.08. The summed E-state index contributed by atoms with van der Waals surface area (Å²) in [6, 6.07) is 11.0. The highest BCUT2D eigenvalue weighted by Gasteiger charge is 1.99. The second-order valence-electron chi connectivity index (χ2n) is 3.19. The predicted molar refractivity (Wildman–Crippen MR) is 63.8 cm³/mol. The van der Waals surface area contributed by atoms with Gasteiger partial charge in [-0.3, -0.25) is 0 Å². The van der Waals surface area contributed by atoms with Crippen molar-refractivity contribution in [3.8, 4) is 0 Å². The number of hydrogen-bond donors (Lipinski definition) is 2. The van der Waals surface area contributed by atoms with E-state index in [1.807, 2.05) is 24.3 Å². The summed E-state index contributed by atoms with van der Waals surface area (Å²) in [6.07, 6.45) is 1.69. The fourth-order valence-electron chi connectivity index (χ4n) is 1.28. The van der Waals surface area contributed by atoms with Crippen LogP contribution in [0.4, 0.5) is 17.2 Å². The fourth-order valence-corrected chi connectivity index (χ4v) is 1.28. The van der Waals surface area contributed by atoms with Gasteiger partial charge in [-0.15, -0.1) is 0 Å². The molecule has 1 aromatic heterocycles. The number of nitrogen functional groups attached to an aromatic ring is 1. The van der Waals surface area contributed by atoms with Crippen LogP contribution in [0.1, 0.15) is 0 Å². The van der Waals surface area contributed by atoms with Gasteiger partial charge in [0, 0.05) is 11.9 Å². The van der Waals surface area contributed by atoms with Crippen LogP contribution in [-0.4, -0.2) is 12.8 Å². The number of nitrogens with two attached hydrogens (primary N) is 1. The topological polar surface area (TPSA) is 50.9 Å². The molecule has 0 aliphatic carbocycles. The molecule has 0 spiro atoms. The molecular weight excluding hydrogens is 185 g/mol. The molecule has 0 bridgehead atoms. The molecule has 3 N–H and O–H groups in total. The van der Waals surface area contributed by atoms with Gasteiger partial charge in [0.2, 0.25) is 0 Å². The van der Waals surface area contributed by atoms with Crippen LogP contribution in [-0.2, 0) is 0 Å². The molecule has 0 aliphatic rings. The fraction of sp³-hybridized carbons (Fsp3) is 0. The molecule has 1 heterocycles. The van der Waals surface area contributed by atoms with Crippen LogP contribution in [0, 0.1) is 0 Å². The van der Waals surface area contributed by atoms with Gasteiger partial charge in [-0.25, -0.2) is 4.98 Å². The molecule has 15 heavy (non-hydrogen) atoms. The first kappa shape index (κ1) is 9.58. The highest BCUT2D eigenvalue weighted by atomic mass is 15.0. The van der Waals surface area contributed by atoms with Crippen molar-refractivity contribution in [2.45, 2.75) is 0 Å². The molecule has 2 rings (SSSR count). The van der Waals surface area contributed by atoms with Crippen molar-refractivity contribution in [3.63, 3.8) is 0 Å². The van der Waals surface area contributed by atoms with Gasteiger partial charge in [0.25, 0.3) is 0 Å². The average molecular weight is 195 g/mol. The number of pyridine rings is 1. The summed E-state index contributed by atoms with van der Waals surface area (Å²) in [5.74, 6) is 0.642. The third kappa shape index (κ3) is 2.28. The maximum Gasteiger partial charge on any atom is 0.153 e. The van der Waals surface area contributed by atoms with E-state index in [9.17, 15) is 0 Å². The zero-order valence-corrected chi connectivity index (χ0v) is 8.14. The Bertz CT molecular complexity index is 471. The highest BCUT2D eigenvalue weighted by Crippen LogP contribution is 2.18. The number of rotatable bonds is 2. The Kier molecular flexibility index (Phi) is 2.58. The highest BCUT2D eigenvalue weighted by molar-refractivity contribution is 6.32. The quantitative estimate of drug-likeness (QED) is 0.708. The first-order valence-electron chi connectivity index (χ1n) is 4.59. The summed E-state index contributed by atoms with van der Waals surface area (Å²) < 4.78 is 0. The van der Waals surface area contributed by atoms with E-state index in [4.69, 9.17) is 13.6 Å². The number of nitrogens with one attached hydrogen (secondary N) is 1. The van der Waals surface area contributed by atoms with E-state index in [1.54, 1.807) is 18.3 Å². The smallest absolute Gasteiger partial charge is 0.153 e. The Hall–Kier alpha value is -1.97. The van der Waals surface area contributed by atoms with Crippen molar-refractivity contribution in [1.82, 2.24) is 4.98 Å². The van der Waals surface area contributed by atoms with Crippen molar-refractivity contribution in [2.75, 3.05) is 11.1 Å². The zero-order chi connectivity index (χ0) is 10.7. The van der Waals surface area contributed by atoms with E-state index in [-0.39, 0.29) is 0 Å². The molecule has 72 valence electrons. The zero-order valence-electron chi connectivity index (χ0n) is 8.14. The van der Waals surface area contributed by atoms with Gasteiger partial charge in [-0.05, 0) is 24.3 Å². The van der Waals surface area contributed by atoms with Gasteiger partial charge in [-0.2, -0.15) is 0 Å². The molecule has 0 fully saturated rings. The van der Waals surface area contributed by atoms with Crippen LogP contribution < -0.4 is 16.5 Å². The molecule has 2 radical (unpaired) electrons. The van der Waals surface area contributed by atoms with E-state index in [0.29, 0.717) is 17.0 Å². The van der Waals surface area contributed by atoms with Crippen molar-refractivity contribution >= 4 is 30.5 Å². The Morgan fingerprint density at radius 2 is 2.07 bits per heavy atom. The molecule has 0 amide bonds. The normalized spacial score (nSPS) is 9.87. The minimum Gasteiger partial charge on any atom is -0.396 e. The van der Waals surface area contributed by atoms with Crippen LogP contribution >= 0.6 is 0 Å². The van der Waals surface area contributed by atoms with Crippen LogP contribution in [0.5, 0.6) is 0 Å². The second kappa shape index (κ2) is 4.04. The molecule has 2 aromatic rings. The summed E-state index contributed by atoms with van der Waals surface area (Å²) in [5, 5.41) is 3.10. The first-order chi connectivity index (χ1) is 7.25. The number of hydrogen-bond acceptors (Lipinski definition) is 3.